The summed E-state index contributed by atoms with van der Waals surface area (Å²) in [6.45, 7) is 4.15. The number of hydrogen-bond acceptors (Lipinski definition) is 3. The molecule has 1 unspecified atom stereocenters. The molecule has 3 nitrogen and oxygen atoms in total. The summed E-state index contributed by atoms with van der Waals surface area (Å²) >= 11 is 3.35. The van der Waals surface area contributed by atoms with Crippen LogP contribution in [0.5, 0.6) is 0 Å². The molecule has 0 heterocycles. The minimum absolute atomic E-state index is 0.302. The summed E-state index contributed by atoms with van der Waals surface area (Å²) in [5.41, 5.74) is 0.872. The molecule has 0 saturated carbocycles. The highest BCUT2D eigenvalue weighted by molar-refractivity contribution is 9.10. The van der Waals surface area contributed by atoms with Crippen LogP contribution in [0, 0.1) is 0 Å². The summed E-state index contributed by atoms with van der Waals surface area (Å²) < 4.78 is 5.72. The second-order valence-corrected chi connectivity index (χ2v) is 4.12. The van der Waals surface area contributed by atoms with Gasteiger partial charge in [0.1, 0.15) is 6.04 Å². The Labute approximate surface area is 104 Å². The Morgan fingerprint density at radius 2 is 2.19 bits per heavy atom. The SMILES string of the molecule is C=CCNC(C(=O)OC)c1ccc(Br)cc1. The minimum atomic E-state index is -0.448. The van der Waals surface area contributed by atoms with Gasteiger partial charge >= 0.3 is 5.97 Å². The zero-order valence-corrected chi connectivity index (χ0v) is 10.7. The molecule has 0 aliphatic carbocycles. The highest BCUT2D eigenvalue weighted by atomic mass is 79.9. The van der Waals surface area contributed by atoms with E-state index < -0.39 is 6.04 Å². The van der Waals surface area contributed by atoms with E-state index in [0.717, 1.165) is 10.0 Å². The fraction of sp³-hybridized carbons (Fsp3) is 0.250. The fourth-order valence-electron chi connectivity index (χ4n) is 1.31. The van der Waals surface area contributed by atoms with Gasteiger partial charge in [-0.3, -0.25) is 5.32 Å². The quantitative estimate of drug-likeness (QED) is 0.666. The Balaban J connectivity index is 2.86. The molecule has 0 radical (unpaired) electrons. The molecule has 0 aliphatic heterocycles. The normalized spacial score (nSPS) is 11.9. The van der Waals surface area contributed by atoms with E-state index >= 15 is 0 Å². The number of ether oxygens (including phenoxy) is 1. The molecular weight excluding hydrogens is 270 g/mol. The van der Waals surface area contributed by atoms with E-state index in [1.54, 1.807) is 6.08 Å². The van der Waals surface area contributed by atoms with E-state index in [4.69, 9.17) is 4.74 Å². The second kappa shape index (κ2) is 6.45. The van der Waals surface area contributed by atoms with E-state index in [-0.39, 0.29) is 5.97 Å². The van der Waals surface area contributed by atoms with Gasteiger partial charge in [0.25, 0.3) is 0 Å². The summed E-state index contributed by atoms with van der Waals surface area (Å²) in [6.07, 6.45) is 1.70. The van der Waals surface area contributed by atoms with Crippen LogP contribution in [0.1, 0.15) is 11.6 Å². The predicted molar refractivity (Wildman–Crippen MR) is 67.1 cm³/mol. The molecule has 1 rings (SSSR count). The van der Waals surface area contributed by atoms with Crippen molar-refractivity contribution < 1.29 is 9.53 Å². The lowest BCUT2D eigenvalue weighted by atomic mass is 10.1. The molecule has 1 atom stereocenters. The first-order valence-corrected chi connectivity index (χ1v) is 5.66. The van der Waals surface area contributed by atoms with Gasteiger partial charge in [0.05, 0.1) is 7.11 Å². The molecule has 0 fully saturated rings. The molecule has 1 aromatic carbocycles. The molecule has 0 spiro atoms. The van der Waals surface area contributed by atoms with Gasteiger partial charge in [0.2, 0.25) is 0 Å². The lowest BCUT2D eigenvalue weighted by molar-refractivity contribution is -0.143. The Bertz CT molecular complexity index is 362. The van der Waals surface area contributed by atoms with Gasteiger partial charge in [-0.1, -0.05) is 34.1 Å². The fourth-order valence-corrected chi connectivity index (χ4v) is 1.58. The molecule has 1 aromatic rings. The number of halogens is 1. The minimum Gasteiger partial charge on any atom is -0.468 e. The van der Waals surface area contributed by atoms with Crippen LogP contribution in [-0.4, -0.2) is 19.6 Å². The van der Waals surface area contributed by atoms with Gasteiger partial charge in [-0.2, -0.15) is 0 Å². The first-order chi connectivity index (χ1) is 7.69. The first-order valence-electron chi connectivity index (χ1n) is 4.86. The van der Waals surface area contributed by atoms with Gasteiger partial charge in [-0.25, -0.2) is 4.79 Å². The summed E-state index contributed by atoms with van der Waals surface area (Å²) in [7, 11) is 1.38. The van der Waals surface area contributed by atoms with Gasteiger partial charge in [0, 0.05) is 11.0 Å². The second-order valence-electron chi connectivity index (χ2n) is 3.20. The average Bonchev–Trinajstić information content (AvgIpc) is 2.31. The van der Waals surface area contributed by atoms with E-state index in [9.17, 15) is 4.79 Å². The average molecular weight is 284 g/mol. The van der Waals surface area contributed by atoms with Crippen LogP contribution >= 0.6 is 15.9 Å². The summed E-state index contributed by atoms with van der Waals surface area (Å²) in [5, 5.41) is 3.05. The lowest BCUT2D eigenvalue weighted by Crippen LogP contribution is -2.29. The van der Waals surface area contributed by atoms with Gasteiger partial charge in [0.15, 0.2) is 0 Å². The van der Waals surface area contributed by atoms with E-state index in [1.165, 1.54) is 7.11 Å². The Kier molecular flexibility index (Phi) is 5.22. The summed E-state index contributed by atoms with van der Waals surface area (Å²) in [6, 6.07) is 7.08. The highest BCUT2D eigenvalue weighted by Gasteiger charge is 2.19. The number of methoxy groups -OCH3 is 1. The van der Waals surface area contributed by atoms with Crippen LogP contribution in [0.25, 0.3) is 0 Å². The zero-order valence-electron chi connectivity index (χ0n) is 9.07. The van der Waals surface area contributed by atoms with Gasteiger partial charge in [-0.05, 0) is 17.7 Å². The summed E-state index contributed by atoms with van der Waals surface area (Å²) in [5.74, 6) is -0.302. The number of nitrogens with one attached hydrogen (secondary N) is 1. The molecular formula is C12H14BrNO2. The number of rotatable bonds is 5. The van der Waals surface area contributed by atoms with Crippen molar-refractivity contribution in [1.29, 1.82) is 0 Å². The molecule has 86 valence electrons. The third-order valence-electron chi connectivity index (χ3n) is 2.11. The number of benzene rings is 1. The lowest BCUT2D eigenvalue weighted by Gasteiger charge is -2.15. The highest BCUT2D eigenvalue weighted by Crippen LogP contribution is 2.17. The largest absolute Gasteiger partial charge is 0.468 e. The number of carbonyl (C=O) groups is 1. The van der Waals surface area contributed by atoms with Crippen molar-refractivity contribution in [3.05, 3.63) is 47.0 Å². The van der Waals surface area contributed by atoms with E-state index in [1.807, 2.05) is 24.3 Å². The number of hydrogen-bond donors (Lipinski definition) is 1. The Morgan fingerprint density at radius 1 is 1.56 bits per heavy atom. The van der Waals surface area contributed by atoms with Gasteiger partial charge in [-0.15, -0.1) is 6.58 Å². The standard InChI is InChI=1S/C12H14BrNO2/c1-3-8-14-11(12(15)16-2)9-4-6-10(13)7-5-9/h3-7,11,14H,1,8H2,2H3. The Morgan fingerprint density at radius 3 is 2.69 bits per heavy atom. The number of esters is 1. The molecule has 16 heavy (non-hydrogen) atoms. The van der Waals surface area contributed by atoms with Crippen LogP contribution in [0.4, 0.5) is 0 Å². The van der Waals surface area contributed by atoms with Crippen molar-refractivity contribution in [3.8, 4) is 0 Å². The maximum atomic E-state index is 11.6. The van der Waals surface area contributed by atoms with Crippen LogP contribution in [-0.2, 0) is 9.53 Å². The van der Waals surface area contributed by atoms with Crippen LogP contribution in [0.2, 0.25) is 0 Å². The first kappa shape index (κ1) is 12.9. The number of carbonyl (C=O) groups excluding carboxylic acids is 1. The van der Waals surface area contributed by atoms with Crippen LogP contribution in [0.3, 0.4) is 0 Å². The van der Waals surface area contributed by atoms with Crippen molar-refractivity contribution in [2.45, 2.75) is 6.04 Å². The summed E-state index contributed by atoms with van der Waals surface area (Å²) in [4.78, 5) is 11.6. The van der Waals surface area contributed by atoms with Crippen molar-refractivity contribution in [2.75, 3.05) is 13.7 Å². The molecule has 0 bridgehead atoms. The van der Waals surface area contributed by atoms with Crippen molar-refractivity contribution >= 4 is 21.9 Å². The van der Waals surface area contributed by atoms with E-state index in [2.05, 4.69) is 27.8 Å². The van der Waals surface area contributed by atoms with E-state index in [0.29, 0.717) is 6.54 Å². The molecule has 0 aromatic heterocycles. The smallest absolute Gasteiger partial charge is 0.327 e. The van der Waals surface area contributed by atoms with Gasteiger partial charge < -0.3 is 4.74 Å². The maximum Gasteiger partial charge on any atom is 0.327 e. The zero-order chi connectivity index (χ0) is 12.0. The molecule has 0 aliphatic rings. The Hall–Kier alpha value is -1.13. The molecule has 0 saturated heterocycles. The predicted octanol–water partition coefficient (Wildman–Crippen LogP) is 2.44. The van der Waals surface area contributed by atoms with Crippen LogP contribution < -0.4 is 5.32 Å². The maximum absolute atomic E-state index is 11.6. The monoisotopic (exact) mass is 283 g/mol. The van der Waals surface area contributed by atoms with Crippen molar-refractivity contribution in [2.24, 2.45) is 0 Å². The van der Waals surface area contributed by atoms with Crippen molar-refractivity contribution in [1.82, 2.24) is 5.32 Å². The van der Waals surface area contributed by atoms with Crippen molar-refractivity contribution in [3.63, 3.8) is 0 Å². The van der Waals surface area contributed by atoms with Crippen LogP contribution in [0.15, 0.2) is 41.4 Å². The third-order valence-corrected chi connectivity index (χ3v) is 2.64. The topological polar surface area (TPSA) is 38.3 Å². The molecule has 0 amide bonds. The third kappa shape index (κ3) is 3.47. The molecule has 1 N–H and O–H groups in total. The molecule has 4 heteroatoms.